The number of anilines is 2. The molecule has 2 heterocycles. The van der Waals surface area contributed by atoms with Crippen molar-refractivity contribution < 1.29 is 0 Å². The Morgan fingerprint density at radius 2 is 1.33 bits per heavy atom. The molecule has 0 aromatic heterocycles. The van der Waals surface area contributed by atoms with E-state index in [2.05, 4.69) is 34.1 Å². The molecule has 0 N–H and O–H groups in total. The molecule has 3 rings (SSSR count). The van der Waals surface area contributed by atoms with Crippen LogP contribution in [0.5, 0.6) is 0 Å². The second kappa shape index (κ2) is 2.16. The van der Waals surface area contributed by atoms with Gasteiger partial charge in [-0.15, -0.1) is 0 Å². The van der Waals surface area contributed by atoms with Gasteiger partial charge in [0.15, 0.2) is 0 Å². The second-order valence-electron chi connectivity index (χ2n) is 3.49. The van der Waals surface area contributed by atoms with Crippen molar-refractivity contribution in [1.29, 1.82) is 0 Å². The van der Waals surface area contributed by atoms with Crippen LogP contribution in [0.3, 0.4) is 0 Å². The fourth-order valence-corrected chi connectivity index (χ4v) is 1.50. The van der Waals surface area contributed by atoms with E-state index in [1.807, 2.05) is 0 Å². The maximum atomic E-state index is 2.38. The number of hydrogen-bond donors (Lipinski definition) is 0. The van der Waals surface area contributed by atoms with E-state index in [1.165, 1.54) is 37.6 Å². The minimum Gasteiger partial charge on any atom is -0.368 e. The molecule has 0 aliphatic carbocycles. The highest BCUT2D eigenvalue weighted by molar-refractivity contribution is 5.63. The van der Waals surface area contributed by atoms with Gasteiger partial charge in [0.1, 0.15) is 0 Å². The smallest absolute Gasteiger partial charge is 0.0388 e. The van der Waals surface area contributed by atoms with Crippen LogP contribution in [0.15, 0.2) is 24.3 Å². The van der Waals surface area contributed by atoms with Crippen LogP contribution in [-0.4, -0.2) is 26.2 Å². The number of benzene rings is 1. The van der Waals surface area contributed by atoms with Gasteiger partial charge in [-0.25, -0.2) is 0 Å². The quantitative estimate of drug-likeness (QED) is 0.602. The first-order valence-electron chi connectivity index (χ1n) is 4.53. The number of nitrogens with zero attached hydrogens (tertiary/aromatic N) is 2. The normalized spacial score (nSPS) is 19.7. The van der Waals surface area contributed by atoms with Crippen molar-refractivity contribution in [3.8, 4) is 0 Å². The first-order chi connectivity index (χ1) is 5.93. The molecule has 1 aromatic rings. The van der Waals surface area contributed by atoms with Crippen molar-refractivity contribution in [1.82, 2.24) is 0 Å². The molecule has 2 aliphatic heterocycles. The maximum Gasteiger partial charge on any atom is 0.0388 e. The summed E-state index contributed by atoms with van der Waals surface area (Å²) in [5, 5.41) is 0. The van der Waals surface area contributed by atoms with Gasteiger partial charge in [-0.05, 0) is 18.2 Å². The maximum absolute atomic E-state index is 2.38. The SMILES string of the molecule is c1cc(N2CC2)cc(N2CC2)c1. The summed E-state index contributed by atoms with van der Waals surface area (Å²) in [6.45, 7) is 4.96. The van der Waals surface area contributed by atoms with Gasteiger partial charge in [0.2, 0.25) is 0 Å². The van der Waals surface area contributed by atoms with Gasteiger partial charge in [0, 0.05) is 37.6 Å². The van der Waals surface area contributed by atoms with Crippen LogP contribution in [0.2, 0.25) is 0 Å². The molecule has 0 amide bonds. The molecule has 0 spiro atoms. The highest BCUT2D eigenvalue weighted by atomic mass is 15.3. The van der Waals surface area contributed by atoms with Gasteiger partial charge in [-0.3, -0.25) is 0 Å². The summed E-state index contributed by atoms with van der Waals surface area (Å²) in [4.78, 5) is 4.76. The Hall–Kier alpha value is -1.18. The molecule has 12 heavy (non-hydrogen) atoms. The lowest BCUT2D eigenvalue weighted by Crippen LogP contribution is -1.94. The summed E-state index contributed by atoms with van der Waals surface area (Å²) in [6.07, 6.45) is 0. The molecule has 0 radical (unpaired) electrons. The lowest BCUT2D eigenvalue weighted by atomic mass is 10.3. The first-order valence-corrected chi connectivity index (χ1v) is 4.53. The number of hydrogen-bond acceptors (Lipinski definition) is 2. The van der Waals surface area contributed by atoms with E-state index in [-0.39, 0.29) is 0 Å². The fraction of sp³-hybridized carbons (Fsp3) is 0.400. The molecule has 2 aliphatic rings. The molecular weight excluding hydrogens is 148 g/mol. The first kappa shape index (κ1) is 6.35. The Balaban J connectivity index is 1.93. The fourth-order valence-electron chi connectivity index (χ4n) is 1.50. The lowest BCUT2D eigenvalue weighted by Gasteiger charge is -2.06. The molecule has 2 saturated heterocycles. The third kappa shape index (κ3) is 1.04. The average Bonchev–Trinajstić information content (AvgIpc) is 2.98. The minimum absolute atomic E-state index is 1.24. The van der Waals surface area contributed by atoms with Gasteiger partial charge in [0.05, 0.1) is 0 Å². The Morgan fingerprint density at radius 1 is 0.833 bits per heavy atom. The monoisotopic (exact) mass is 160 g/mol. The zero-order valence-corrected chi connectivity index (χ0v) is 7.03. The second-order valence-corrected chi connectivity index (χ2v) is 3.49. The zero-order chi connectivity index (χ0) is 7.97. The molecule has 2 heteroatoms. The standard InChI is InChI=1S/C10H12N2/c1-2-9(11-4-5-11)8-10(3-1)12-6-7-12/h1-3,8H,4-7H2. The van der Waals surface area contributed by atoms with E-state index in [0.29, 0.717) is 0 Å². The molecule has 0 atom stereocenters. The van der Waals surface area contributed by atoms with E-state index in [9.17, 15) is 0 Å². The molecule has 2 fully saturated rings. The van der Waals surface area contributed by atoms with Gasteiger partial charge >= 0.3 is 0 Å². The summed E-state index contributed by atoms with van der Waals surface area (Å²) in [6, 6.07) is 8.83. The Labute approximate surface area is 72.4 Å². The largest absolute Gasteiger partial charge is 0.368 e. The molecule has 2 nitrogen and oxygen atoms in total. The van der Waals surface area contributed by atoms with Crippen LogP contribution >= 0.6 is 0 Å². The predicted molar refractivity (Wildman–Crippen MR) is 50.9 cm³/mol. The molecule has 1 aromatic carbocycles. The van der Waals surface area contributed by atoms with E-state index < -0.39 is 0 Å². The van der Waals surface area contributed by atoms with Crippen LogP contribution in [0, 0.1) is 0 Å². The van der Waals surface area contributed by atoms with E-state index in [4.69, 9.17) is 0 Å². The van der Waals surface area contributed by atoms with Crippen molar-refractivity contribution in [3.63, 3.8) is 0 Å². The molecule has 0 bridgehead atoms. The van der Waals surface area contributed by atoms with Gasteiger partial charge < -0.3 is 9.80 Å². The van der Waals surface area contributed by atoms with Crippen molar-refractivity contribution in [2.75, 3.05) is 36.0 Å². The summed E-state index contributed by atoms with van der Waals surface area (Å²) in [7, 11) is 0. The van der Waals surface area contributed by atoms with Crippen molar-refractivity contribution in [3.05, 3.63) is 24.3 Å². The summed E-state index contributed by atoms with van der Waals surface area (Å²) >= 11 is 0. The van der Waals surface area contributed by atoms with Crippen LogP contribution in [0.4, 0.5) is 11.4 Å². The van der Waals surface area contributed by atoms with E-state index in [1.54, 1.807) is 0 Å². The van der Waals surface area contributed by atoms with Crippen molar-refractivity contribution >= 4 is 11.4 Å². The van der Waals surface area contributed by atoms with Crippen LogP contribution in [-0.2, 0) is 0 Å². The molecule has 0 saturated carbocycles. The highest BCUT2D eigenvalue weighted by Crippen LogP contribution is 2.28. The van der Waals surface area contributed by atoms with Crippen LogP contribution in [0.25, 0.3) is 0 Å². The minimum atomic E-state index is 1.24. The average molecular weight is 160 g/mol. The highest BCUT2D eigenvalue weighted by Gasteiger charge is 2.21. The third-order valence-corrected chi connectivity index (χ3v) is 2.45. The van der Waals surface area contributed by atoms with E-state index in [0.717, 1.165) is 0 Å². The topological polar surface area (TPSA) is 6.02 Å². The van der Waals surface area contributed by atoms with Gasteiger partial charge in [-0.1, -0.05) is 6.07 Å². The molecular formula is C10H12N2. The summed E-state index contributed by atoms with van der Waals surface area (Å²) < 4.78 is 0. The third-order valence-electron chi connectivity index (χ3n) is 2.45. The number of rotatable bonds is 2. The van der Waals surface area contributed by atoms with Crippen LogP contribution < -0.4 is 9.80 Å². The Morgan fingerprint density at radius 3 is 1.75 bits per heavy atom. The van der Waals surface area contributed by atoms with Crippen molar-refractivity contribution in [2.24, 2.45) is 0 Å². The van der Waals surface area contributed by atoms with E-state index >= 15 is 0 Å². The Bertz CT molecular complexity index is 273. The zero-order valence-electron chi connectivity index (χ0n) is 7.03. The van der Waals surface area contributed by atoms with Gasteiger partial charge in [-0.2, -0.15) is 0 Å². The Kier molecular flexibility index (Phi) is 1.14. The lowest BCUT2D eigenvalue weighted by molar-refractivity contribution is 1.35. The van der Waals surface area contributed by atoms with Crippen molar-refractivity contribution in [2.45, 2.75) is 0 Å². The molecule has 0 unspecified atom stereocenters. The van der Waals surface area contributed by atoms with Crippen LogP contribution in [0.1, 0.15) is 0 Å². The summed E-state index contributed by atoms with van der Waals surface area (Å²) in [5.74, 6) is 0. The van der Waals surface area contributed by atoms with Gasteiger partial charge in [0.25, 0.3) is 0 Å². The summed E-state index contributed by atoms with van der Waals surface area (Å²) in [5.41, 5.74) is 2.78. The molecule has 62 valence electrons. The predicted octanol–water partition coefficient (Wildman–Crippen LogP) is 1.33.